The fourth-order valence-corrected chi connectivity index (χ4v) is 2.78. The molecule has 0 bridgehead atoms. The van der Waals surface area contributed by atoms with Crippen molar-refractivity contribution in [3.05, 3.63) is 47.6 Å². The Labute approximate surface area is 124 Å². The van der Waals surface area contributed by atoms with Gasteiger partial charge in [-0.25, -0.2) is 0 Å². The Morgan fingerprint density at radius 3 is 2.81 bits per heavy atom. The van der Waals surface area contributed by atoms with Crippen LogP contribution in [0.4, 0.5) is 0 Å². The van der Waals surface area contributed by atoms with E-state index in [9.17, 15) is 4.79 Å². The van der Waals surface area contributed by atoms with Crippen LogP contribution in [-0.2, 0) is 6.42 Å². The van der Waals surface area contributed by atoms with Crippen LogP contribution < -0.4 is 0 Å². The van der Waals surface area contributed by atoms with Gasteiger partial charge in [-0.2, -0.15) is 0 Å². The van der Waals surface area contributed by atoms with Crippen molar-refractivity contribution in [2.45, 2.75) is 26.2 Å². The van der Waals surface area contributed by atoms with E-state index < -0.39 is 0 Å². The number of carbonyl (C=O) groups is 1. The lowest BCUT2D eigenvalue weighted by Gasteiger charge is -2.31. The predicted octanol–water partition coefficient (Wildman–Crippen LogP) is 2.47. The van der Waals surface area contributed by atoms with Crippen molar-refractivity contribution in [1.82, 2.24) is 15.0 Å². The Morgan fingerprint density at radius 2 is 2.19 bits per heavy atom. The molecule has 110 valence electrons. The molecule has 5 nitrogen and oxygen atoms in total. The highest BCUT2D eigenvalue weighted by Gasteiger charge is 2.26. The van der Waals surface area contributed by atoms with Crippen molar-refractivity contribution in [1.29, 1.82) is 0 Å². The maximum absolute atomic E-state index is 12.3. The van der Waals surface area contributed by atoms with Gasteiger partial charge in [0.1, 0.15) is 0 Å². The third-order valence-electron chi connectivity index (χ3n) is 3.96. The topological polar surface area (TPSA) is 59.2 Å². The molecule has 1 aliphatic heterocycles. The molecule has 1 saturated heterocycles. The Morgan fingerprint density at radius 1 is 1.38 bits per heavy atom. The van der Waals surface area contributed by atoms with Crippen LogP contribution in [0.2, 0.25) is 0 Å². The van der Waals surface area contributed by atoms with Crippen molar-refractivity contribution in [3.63, 3.8) is 0 Å². The second kappa shape index (κ2) is 6.08. The fraction of sp³-hybridized carbons (Fsp3) is 0.438. The summed E-state index contributed by atoms with van der Waals surface area (Å²) < 4.78 is 5.05. The van der Waals surface area contributed by atoms with Gasteiger partial charge < -0.3 is 9.42 Å². The van der Waals surface area contributed by atoms with Crippen LogP contribution >= 0.6 is 0 Å². The van der Waals surface area contributed by atoms with Crippen LogP contribution in [0.5, 0.6) is 0 Å². The molecule has 0 spiro atoms. The van der Waals surface area contributed by atoms with Crippen LogP contribution in [0.1, 0.15) is 34.8 Å². The van der Waals surface area contributed by atoms with Gasteiger partial charge in [-0.05, 0) is 44.2 Å². The van der Waals surface area contributed by atoms with Crippen LogP contribution in [0, 0.1) is 12.8 Å². The third-order valence-corrected chi connectivity index (χ3v) is 3.96. The minimum Gasteiger partial charge on any atom is -0.351 e. The average molecular weight is 285 g/mol. The highest BCUT2D eigenvalue weighted by atomic mass is 16.5. The van der Waals surface area contributed by atoms with Gasteiger partial charge in [-0.15, -0.1) is 0 Å². The molecule has 1 fully saturated rings. The van der Waals surface area contributed by atoms with Gasteiger partial charge in [0.05, 0.1) is 5.69 Å². The van der Waals surface area contributed by atoms with E-state index in [1.54, 1.807) is 6.07 Å². The Hall–Kier alpha value is -2.17. The number of likely N-dealkylation sites (tertiary alicyclic amines) is 1. The summed E-state index contributed by atoms with van der Waals surface area (Å²) in [5.74, 6) is 0.892. The predicted molar refractivity (Wildman–Crippen MR) is 77.8 cm³/mol. The molecule has 3 heterocycles. The van der Waals surface area contributed by atoms with Crippen LogP contribution in [-0.4, -0.2) is 34.0 Å². The Bertz CT molecular complexity index is 601. The number of carbonyl (C=O) groups excluding carboxylic acids is 1. The van der Waals surface area contributed by atoms with E-state index in [1.165, 1.54) is 0 Å². The van der Waals surface area contributed by atoms with E-state index in [0.29, 0.717) is 11.7 Å². The SMILES string of the molecule is Cc1cc(C(=O)N2CCC(Cc3ccccn3)CC2)on1. The number of rotatable bonds is 3. The molecule has 1 aliphatic rings. The van der Waals surface area contributed by atoms with E-state index in [0.717, 1.165) is 43.7 Å². The van der Waals surface area contributed by atoms with E-state index in [1.807, 2.05) is 30.2 Å². The van der Waals surface area contributed by atoms with Crippen molar-refractivity contribution < 1.29 is 9.32 Å². The number of pyridine rings is 1. The average Bonchev–Trinajstić information content (AvgIpc) is 2.95. The summed E-state index contributed by atoms with van der Waals surface area (Å²) in [4.78, 5) is 18.5. The zero-order valence-corrected chi connectivity index (χ0v) is 12.2. The van der Waals surface area contributed by atoms with Gasteiger partial charge in [-0.1, -0.05) is 11.2 Å². The molecule has 3 rings (SSSR count). The number of hydrogen-bond acceptors (Lipinski definition) is 4. The normalized spacial score (nSPS) is 16.1. The van der Waals surface area contributed by atoms with Crippen LogP contribution in [0.15, 0.2) is 35.0 Å². The number of aryl methyl sites for hydroxylation is 1. The Kier molecular flexibility index (Phi) is 3.99. The quantitative estimate of drug-likeness (QED) is 0.869. The molecule has 2 aromatic rings. The van der Waals surface area contributed by atoms with Gasteiger partial charge >= 0.3 is 0 Å². The van der Waals surface area contributed by atoms with E-state index in [4.69, 9.17) is 4.52 Å². The van der Waals surface area contributed by atoms with Gasteiger partial charge in [0.15, 0.2) is 0 Å². The standard InChI is InChI=1S/C16H19N3O2/c1-12-10-15(21-18-12)16(20)19-8-5-13(6-9-19)11-14-4-2-3-7-17-14/h2-4,7,10,13H,5-6,8-9,11H2,1H3. The first-order valence-electron chi connectivity index (χ1n) is 7.35. The highest BCUT2D eigenvalue weighted by molar-refractivity contribution is 5.91. The van der Waals surface area contributed by atoms with Crippen molar-refractivity contribution >= 4 is 5.91 Å². The first-order valence-corrected chi connectivity index (χ1v) is 7.35. The zero-order chi connectivity index (χ0) is 14.7. The maximum atomic E-state index is 12.3. The second-order valence-corrected chi connectivity index (χ2v) is 5.59. The summed E-state index contributed by atoms with van der Waals surface area (Å²) in [5.41, 5.74) is 1.87. The summed E-state index contributed by atoms with van der Waals surface area (Å²) >= 11 is 0. The van der Waals surface area contributed by atoms with Gasteiger partial charge in [0.2, 0.25) is 5.76 Å². The summed E-state index contributed by atoms with van der Waals surface area (Å²) in [6.45, 7) is 3.37. The summed E-state index contributed by atoms with van der Waals surface area (Å²) in [6.07, 6.45) is 4.84. The molecule has 2 aromatic heterocycles. The lowest BCUT2D eigenvalue weighted by Crippen LogP contribution is -2.38. The first kappa shape index (κ1) is 13.8. The maximum Gasteiger partial charge on any atom is 0.292 e. The van der Waals surface area contributed by atoms with E-state index in [2.05, 4.69) is 16.2 Å². The van der Waals surface area contributed by atoms with Gasteiger partial charge in [0, 0.05) is 31.0 Å². The molecule has 0 unspecified atom stereocenters. The number of aromatic nitrogens is 2. The summed E-state index contributed by atoms with van der Waals surface area (Å²) in [5, 5.41) is 3.77. The van der Waals surface area contributed by atoms with Crippen molar-refractivity contribution in [2.75, 3.05) is 13.1 Å². The van der Waals surface area contributed by atoms with E-state index in [-0.39, 0.29) is 5.91 Å². The lowest BCUT2D eigenvalue weighted by molar-refractivity contribution is 0.0648. The molecule has 0 N–H and O–H groups in total. The monoisotopic (exact) mass is 285 g/mol. The number of piperidine rings is 1. The molecule has 1 amide bonds. The summed E-state index contributed by atoms with van der Waals surface area (Å²) in [7, 11) is 0. The molecule has 0 radical (unpaired) electrons. The van der Waals surface area contributed by atoms with Crippen molar-refractivity contribution in [2.24, 2.45) is 5.92 Å². The fourth-order valence-electron chi connectivity index (χ4n) is 2.78. The van der Waals surface area contributed by atoms with Gasteiger partial charge in [-0.3, -0.25) is 9.78 Å². The van der Waals surface area contributed by atoms with Gasteiger partial charge in [0.25, 0.3) is 5.91 Å². The molecule has 5 heteroatoms. The smallest absolute Gasteiger partial charge is 0.292 e. The third kappa shape index (κ3) is 3.29. The zero-order valence-electron chi connectivity index (χ0n) is 12.2. The van der Waals surface area contributed by atoms with Crippen LogP contribution in [0.3, 0.4) is 0 Å². The first-order chi connectivity index (χ1) is 10.2. The minimum absolute atomic E-state index is 0.0492. The lowest BCUT2D eigenvalue weighted by atomic mass is 9.92. The number of amides is 1. The second-order valence-electron chi connectivity index (χ2n) is 5.59. The summed E-state index contributed by atoms with van der Waals surface area (Å²) in [6, 6.07) is 7.72. The van der Waals surface area contributed by atoms with E-state index >= 15 is 0 Å². The molecule has 0 saturated carbocycles. The van der Waals surface area contributed by atoms with Crippen molar-refractivity contribution in [3.8, 4) is 0 Å². The Balaban J connectivity index is 1.54. The molecule has 21 heavy (non-hydrogen) atoms. The highest BCUT2D eigenvalue weighted by Crippen LogP contribution is 2.22. The molecule has 0 atom stereocenters. The molecular weight excluding hydrogens is 266 g/mol. The number of hydrogen-bond donors (Lipinski definition) is 0. The molecule has 0 aromatic carbocycles. The number of nitrogens with zero attached hydrogens (tertiary/aromatic N) is 3. The molecular formula is C16H19N3O2. The van der Waals surface area contributed by atoms with Crippen LogP contribution in [0.25, 0.3) is 0 Å². The molecule has 0 aliphatic carbocycles. The minimum atomic E-state index is -0.0492. The largest absolute Gasteiger partial charge is 0.351 e.